The zero-order chi connectivity index (χ0) is 17.9. The molecule has 4 heteroatoms. The molecule has 4 rings (SSSR count). The second-order valence-electron chi connectivity index (χ2n) is 7.11. The Morgan fingerprint density at radius 3 is 2.42 bits per heavy atom. The Labute approximate surface area is 155 Å². The molecule has 0 aromatic heterocycles. The highest BCUT2D eigenvalue weighted by Gasteiger charge is 2.37. The molecule has 1 heterocycles. The first-order chi connectivity index (χ1) is 12.8. The van der Waals surface area contributed by atoms with Gasteiger partial charge in [0.25, 0.3) is 5.91 Å². The third-order valence-corrected chi connectivity index (χ3v) is 5.33. The van der Waals surface area contributed by atoms with E-state index < -0.39 is 0 Å². The lowest BCUT2D eigenvalue weighted by Crippen LogP contribution is -2.51. The molecule has 1 saturated carbocycles. The lowest BCUT2D eigenvalue weighted by Gasteiger charge is -2.42. The molecule has 0 bridgehead atoms. The van der Waals surface area contributed by atoms with Gasteiger partial charge in [-0.05, 0) is 49.6 Å². The summed E-state index contributed by atoms with van der Waals surface area (Å²) in [7, 11) is 0. The molecule has 0 radical (unpaired) electrons. The van der Waals surface area contributed by atoms with Crippen LogP contribution in [0.2, 0.25) is 0 Å². The van der Waals surface area contributed by atoms with E-state index in [-0.39, 0.29) is 11.9 Å². The van der Waals surface area contributed by atoms with Gasteiger partial charge >= 0.3 is 0 Å². The summed E-state index contributed by atoms with van der Waals surface area (Å²) in [4.78, 5) is 17.8. The van der Waals surface area contributed by atoms with E-state index in [1.54, 1.807) is 0 Å². The van der Waals surface area contributed by atoms with Gasteiger partial charge in [0.2, 0.25) is 0 Å². The number of hydrogen-bond donors (Lipinski definition) is 0. The van der Waals surface area contributed by atoms with Gasteiger partial charge in [0, 0.05) is 31.2 Å². The van der Waals surface area contributed by atoms with Crippen LogP contribution in [-0.2, 0) is 0 Å². The van der Waals surface area contributed by atoms with Crippen LogP contribution < -0.4 is 4.74 Å². The number of amides is 1. The van der Waals surface area contributed by atoms with Crippen LogP contribution in [0.3, 0.4) is 0 Å². The van der Waals surface area contributed by atoms with E-state index in [1.807, 2.05) is 42.2 Å². The zero-order valence-corrected chi connectivity index (χ0v) is 15.3. The molecule has 2 aromatic carbocycles. The lowest BCUT2D eigenvalue weighted by atomic mass is 10.0. The first kappa shape index (κ1) is 17.1. The molecule has 136 valence electrons. The van der Waals surface area contributed by atoms with Crippen LogP contribution in [0.15, 0.2) is 54.6 Å². The molecule has 0 spiro atoms. The highest BCUT2D eigenvalue weighted by Crippen LogP contribution is 2.34. The molecule has 2 aromatic rings. The third kappa shape index (κ3) is 3.61. The molecule has 1 unspecified atom stereocenters. The van der Waals surface area contributed by atoms with Crippen molar-refractivity contribution in [1.29, 1.82) is 0 Å². The number of piperazine rings is 1. The minimum atomic E-state index is 0.109. The van der Waals surface area contributed by atoms with Gasteiger partial charge in [0.15, 0.2) is 0 Å². The summed E-state index contributed by atoms with van der Waals surface area (Å²) in [6.07, 6.45) is 2.60. The Balaban J connectivity index is 1.56. The van der Waals surface area contributed by atoms with E-state index in [1.165, 1.54) is 18.4 Å². The lowest BCUT2D eigenvalue weighted by molar-refractivity contribution is 0.0433. The van der Waals surface area contributed by atoms with Gasteiger partial charge in [-0.1, -0.05) is 30.3 Å². The third-order valence-electron chi connectivity index (χ3n) is 5.33. The Bertz CT molecular complexity index is 740. The standard InChI is InChI=1S/C22H26N2O2/c1-2-26-20-12-8-18(9-13-20)22(25)24-15-14-23(19-10-11-19)16-21(24)17-6-4-3-5-7-17/h3-9,12-13,19,21H,2,10-11,14-16H2,1H3. The average Bonchev–Trinajstić information content (AvgIpc) is 3.54. The predicted octanol–water partition coefficient (Wildman–Crippen LogP) is 3.75. The van der Waals surface area contributed by atoms with Crippen molar-refractivity contribution in [3.8, 4) is 5.75 Å². The molecular formula is C22H26N2O2. The molecule has 1 aliphatic heterocycles. The molecule has 2 aliphatic rings. The summed E-state index contributed by atoms with van der Waals surface area (Å²) in [5, 5.41) is 0. The maximum atomic E-state index is 13.2. The maximum Gasteiger partial charge on any atom is 0.254 e. The van der Waals surface area contributed by atoms with Crippen molar-refractivity contribution in [1.82, 2.24) is 9.80 Å². The highest BCUT2D eigenvalue weighted by atomic mass is 16.5. The van der Waals surface area contributed by atoms with Crippen LogP contribution in [0.5, 0.6) is 5.75 Å². The van der Waals surface area contributed by atoms with Crippen LogP contribution in [0.25, 0.3) is 0 Å². The molecule has 1 amide bonds. The molecule has 4 nitrogen and oxygen atoms in total. The first-order valence-electron chi connectivity index (χ1n) is 9.59. The van der Waals surface area contributed by atoms with Gasteiger partial charge in [0.1, 0.15) is 5.75 Å². The summed E-state index contributed by atoms with van der Waals surface area (Å²) >= 11 is 0. The summed E-state index contributed by atoms with van der Waals surface area (Å²) in [6, 6.07) is 18.8. The summed E-state index contributed by atoms with van der Waals surface area (Å²) in [5.41, 5.74) is 1.95. The van der Waals surface area contributed by atoms with Crippen LogP contribution in [0.4, 0.5) is 0 Å². The SMILES string of the molecule is CCOc1ccc(C(=O)N2CCN(C3CC3)CC2c2ccccc2)cc1. The largest absolute Gasteiger partial charge is 0.494 e. The molecular weight excluding hydrogens is 324 g/mol. The van der Waals surface area contributed by atoms with Gasteiger partial charge in [-0.15, -0.1) is 0 Å². The van der Waals surface area contributed by atoms with Crippen LogP contribution in [0, 0.1) is 0 Å². The topological polar surface area (TPSA) is 32.8 Å². The van der Waals surface area contributed by atoms with Gasteiger partial charge in [-0.2, -0.15) is 0 Å². The van der Waals surface area contributed by atoms with E-state index in [4.69, 9.17) is 4.74 Å². The van der Waals surface area contributed by atoms with Crippen molar-refractivity contribution in [2.45, 2.75) is 31.8 Å². The predicted molar refractivity (Wildman–Crippen MR) is 102 cm³/mol. The first-order valence-corrected chi connectivity index (χ1v) is 9.59. The van der Waals surface area contributed by atoms with Crippen molar-refractivity contribution in [2.24, 2.45) is 0 Å². The number of carbonyl (C=O) groups is 1. The van der Waals surface area contributed by atoms with E-state index in [0.29, 0.717) is 6.61 Å². The van der Waals surface area contributed by atoms with Crippen molar-refractivity contribution in [3.63, 3.8) is 0 Å². The van der Waals surface area contributed by atoms with Gasteiger partial charge in [0.05, 0.1) is 12.6 Å². The summed E-state index contributed by atoms with van der Waals surface area (Å²) in [5.74, 6) is 0.916. The Hall–Kier alpha value is -2.33. The molecule has 1 atom stereocenters. The summed E-state index contributed by atoms with van der Waals surface area (Å²) in [6.45, 7) is 5.27. The van der Waals surface area contributed by atoms with Crippen molar-refractivity contribution in [2.75, 3.05) is 26.2 Å². The Kier molecular flexibility index (Phi) is 4.93. The van der Waals surface area contributed by atoms with Crippen molar-refractivity contribution >= 4 is 5.91 Å². The minimum absolute atomic E-state index is 0.109. The van der Waals surface area contributed by atoms with Crippen LogP contribution >= 0.6 is 0 Å². The Morgan fingerprint density at radius 1 is 1.04 bits per heavy atom. The average molecular weight is 350 g/mol. The molecule has 26 heavy (non-hydrogen) atoms. The zero-order valence-electron chi connectivity index (χ0n) is 15.3. The number of carbonyl (C=O) groups excluding carboxylic acids is 1. The van der Waals surface area contributed by atoms with Crippen molar-refractivity contribution in [3.05, 3.63) is 65.7 Å². The smallest absolute Gasteiger partial charge is 0.254 e. The fraction of sp³-hybridized carbons (Fsp3) is 0.409. The van der Waals surface area contributed by atoms with Gasteiger partial charge in [-0.3, -0.25) is 9.69 Å². The maximum absolute atomic E-state index is 13.2. The quantitative estimate of drug-likeness (QED) is 0.823. The number of rotatable bonds is 5. The van der Waals surface area contributed by atoms with Crippen LogP contribution in [0.1, 0.15) is 41.7 Å². The van der Waals surface area contributed by atoms with E-state index in [0.717, 1.165) is 37.0 Å². The Morgan fingerprint density at radius 2 is 1.77 bits per heavy atom. The van der Waals surface area contributed by atoms with Gasteiger partial charge < -0.3 is 9.64 Å². The molecule has 2 fully saturated rings. The monoisotopic (exact) mass is 350 g/mol. The fourth-order valence-electron chi connectivity index (χ4n) is 3.81. The van der Waals surface area contributed by atoms with Crippen molar-refractivity contribution < 1.29 is 9.53 Å². The number of ether oxygens (including phenoxy) is 1. The van der Waals surface area contributed by atoms with Gasteiger partial charge in [-0.25, -0.2) is 0 Å². The molecule has 1 aliphatic carbocycles. The second kappa shape index (κ2) is 7.50. The number of hydrogen-bond acceptors (Lipinski definition) is 3. The molecule has 0 N–H and O–H groups in total. The van der Waals surface area contributed by atoms with E-state index in [9.17, 15) is 4.79 Å². The highest BCUT2D eigenvalue weighted by molar-refractivity contribution is 5.94. The molecule has 1 saturated heterocycles. The summed E-state index contributed by atoms with van der Waals surface area (Å²) < 4.78 is 5.49. The fourth-order valence-corrected chi connectivity index (χ4v) is 3.81. The second-order valence-corrected chi connectivity index (χ2v) is 7.11. The van der Waals surface area contributed by atoms with Crippen LogP contribution in [-0.4, -0.2) is 48.0 Å². The normalized spacial score (nSPS) is 20.8. The van der Waals surface area contributed by atoms with E-state index >= 15 is 0 Å². The van der Waals surface area contributed by atoms with E-state index in [2.05, 4.69) is 29.2 Å². The number of benzene rings is 2. The minimum Gasteiger partial charge on any atom is -0.494 e. The number of nitrogens with zero attached hydrogens (tertiary/aromatic N) is 2.